The van der Waals surface area contributed by atoms with Crippen molar-refractivity contribution in [3.8, 4) is 0 Å². The van der Waals surface area contributed by atoms with Gasteiger partial charge in [-0.15, -0.1) is 0 Å². The molecule has 1 atom stereocenters. The number of halogens is 1. The van der Waals surface area contributed by atoms with Crippen molar-refractivity contribution in [1.29, 1.82) is 0 Å². The van der Waals surface area contributed by atoms with E-state index in [0.717, 1.165) is 36.9 Å². The third-order valence-corrected chi connectivity index (χ3v) is 3.46. The zero-order valence-electron chi connectivity index (χ0n) is 9.72. The van der Waals surface area contributed by atoms with Crippen LogP contribution in [0, 0.1) is 0 Å². The summed E-state index contributed by atoms with van der Waals surface area (Å²) < 4.78 is 0. The number of anilines is 1. The van der Waals surface area contributed by atoms with Crippen molar-refractivity contribution in [1.82, 2.24) is 4.90 Å². The molecule has 0 saturated carbocycles. The highest BCUT2D eigenvalue weighted by atomic mass is 35.5. The molecule has 1 aliphatic heterocycles. The SMILES string of the molecule is NCC(O)N1CCN(c2ccccc2Cl)CC1. The minimum Gasteiger partial charge on any atom is -0.377 e. The Morgan fingerprint density at radius 2 is 1.88 bits per heavy atom. The largest absolute Gasteiger partial charge is 0.377 e. The van der Waals surface area contributed by atoms with Crippen molar-refractivity contribution in [2.24, 2.45) is 5.73 Å². The summed E-state index contributed by atoms with van der Waals surface area (Å²) in [5.41, 5.74) is 6.51. The molecule has 1 aromatic rings. The van der Waals surface area contributed by atoms with Gasteiger partial charge in [-0.05, 0) is 12.1 Å². The maximum absolute atomic E-state index is 9.65. The normalized spacial score (nSPS) is 19.4. The fraction of sp³-hybridized carbons (Fsp3) is 0.500. The molecule has 0 spiro atoms. The van der Waals surface area contributed by atoms with Crippen molar-refractivity contribution >= 4 is 17.3 Å². The topological polar surface area (TPSA) is 52.7 Å². The van der Waals surface area contributed by atoms with E-state index in [1.54, 1.807) is 0 Å². The highest BCUT2D eigenvalue weighted by molar-refractivity contribution is 6.33. The van der Waals surface area contributed by atoms with Crippen LogP contribution in [-0.2, 0) is 0 Å². The van der Waals surface area contributed by atoms with E-state index < -0.39 is 6.23 Å². The Labute approximate surface area is 107 Å². The fourth-order valence-corrected chi connectivity index (χ4v) is 2.37. The molecule has 1 aromatic carbocycles. The number of para-hydroxylation sites is 1. The Kier molecular flexibility index (Phi) is 4.23. The molecule has 17 heavy (non-hydrogen) atoms. The molecule has 3 N–H and O–H groups in total. The molecule has 0 aliphatic carbocycles. The molecular weight excluding hydrogens is 238 g/mol. The van der Waals surface area contributed by atoms with Gasteiger partial charge in [0.25, 0.3) is 0 Å². The van der Waals surface area contributed by atoms with Gasteiger partial charge in [0.15, 0.2) is 0 Å². The van der Waals surface area contributed by atoms with Gasteiger partial charge in [0.2, 0.25) is 0 Å². The van der Waals surface area contributed by atoms with Crippen LogP contribution >= 0.6 is 11.6 Å². The van der Waals surface area contributed by atoms with Gasteiger partial charge in [-0.2, -0.15) is 0 Å². The maximum Gasteiger partial charge on any atom is 0.119 e. The van der Waals surface area contributed by atoms with Crippen LogP contribution in [-0.4, -0.2) is 49.0 Å². The second-order valence-electron chi connectivity index (χ2n) is 4.19. The van der Waals surface area contributed by atoms with E-state index >= 15 is 0 Å². The van der Waals surface area contributed by atoms with Crippen molar-refractivity contribution in [2.75, 3.05) is 37.6 Å². The predicted molar refractivity (Wildman–Crippen MR) is 70.3 cm³/mol. The molecule has 94 valence electrons. The molecule has 2 rings (SSSR count). The van der Waals surface area contributed by atoms with Crippen LogP contribution in [0.2, 0.25) is 5.02 Å². The first kappa shape index (κ1) is 12.6. The van der Waals surface area contributed by atoms with Gasteiger partial charge >= 0.3 is 0 Å². The number of piperazine rings is 1. The Morgan fingerprint density at radius 1 is 1.24 bits per heavy atom. The van der Waals surface area contributed by atoms with Gasteiger partial charge in [-0.3, -0.25) is 4.90 Å². The van der Waals surface area contributed by atoms with Gasteiger partial charge in [0.05, 0.1) is 10.7 Å². The van der Waals surface area contributed by atoms with Gasteiger partial charge in [0, 0.05) is 32.7 Å². The molecule has 0 bridgehead atoms. The zero-order valence-corrected chi connectivity index (χ0v) is 10.5. The standard InChI is InChI=1S/C12H18ClN3O/c13-10-3-1-2-4-11(10)15-5-7-16(8-6-15)12(17)9-14/h1-4,12,17H,5-9,14H2. The Balaban J connectivity index is 1.98. The Hall–Kier alpha value is -0.810. The van der Waals surface area contributed by atoms with Crippen molar-refractivity contribution in [3.05, 3.63) is 29.3 Å². The van der Waals surface area contributed by atoms with Crippen LogP contribution in [0.4, 0.5) is 5.69 Å². The number of rotatable bonds is 3. The first-order valence-corrected chi connectivity index (χ1v) is 6.22. The van der Waals surface area contributed by atoms with Crippen LogP contribution in [0.5, 0.6) is 0 Å². The third-order valence-electron chi connectivity index (χ3n) is 3.14. The monoisotopic (exact) mass is 255 g/mol. The van der Waals surface area contributed by atoms with Gasteiger partial charge in [0.1, 0.15) is 6.23 Å². The maximum atomic E-state index is 9.65. The number of hydrogen-bond acceptors (Lipinski definition) is 4. The van der Waals surface area contributed by atoms with E-state index in [2.05, 4.69) is 4.90 Å². The van der Waals surface area contributed by atoms with Crippen LogP contribution < -0.4 is 10.6 Å². The molecule has 1 heterocycles. The third kappa shape index (κ3) is 2.90. The lowest BCUT2D eigenvalue weighted by Gasteiger charge is -2.38. The zero-order chi connectivity index (χ0) is 12.3. The Morgan fingerprint density at radius 3 is 2.47 bits per heavy atom. The van der Waals surface area contributed by atoms with Gasteiger partial charge < -0.3 is 15.7 Å². The van der Waals surface area contributed by atoms with E-state index in [-0.39, 0.29) is 6.54 Å². The number of nitrogens with zero attached hydrogens (tertiary/aromatic N) is 2. The number of aliphatic hydroxyl groups is 1. The quantitative estimate of drug-likeness (QED) is 0.837. The minimum atomic E-state index is -0.525. The van der Waals surface area contributed by atoms with E-state index in [1.165, 1.54) is 0 Å². The second kappa shape index (κ2) is 5.69. The number of aliphatic hydroxyl groups excluding tert-OH is 1. The van der Waals surface area contributed by atoms with Crippen molar-refractivity contribution < 1.29 is 5.11 Å². The summed E-state index contributed by atoms with van der Waals surface area (Å²) in [5, 5.41) is 10.4. The molecule has 0 radical (unpaired) electrons. The molecule has 0 amide bonds. The molecule has 0 aromatic heterocycles. The van der Waals surface area contributed by atoms with E-state index in [1.807, 2.05) is 29.2 Å². The highest BCUT2D eigenvalue weighted by Gasteiger charge is 2.22. The molecule has 1 aliphatic rings. The molecule has 5 heteroatoms. The molecule has 1 fully saturated rings. The van der Waals surface area contributed by atoms with E-state index in [0.29, 0.717) is 0 Å². The smallest absolute Gasteiger partial charge is 0.119 e. The average Bonchev–Trinajstić information content (AvgIpc) is 2.39. The fourth-order valence-electron chi connectivity index (χ4n) is 2.12. The summed E-state index contributed by atoms with van der Waals surface area (Å²) in [6.07, 6.45) is -0.525. The molecular formula is C12H18ClN3O. The lowest BCUT2D eigenvalue weighted by atomic mass is 10.2. The minimum absolute atomic E-state index is 0.284. The van der Waals surface area contributed by atoms with E-state index in [9.17, 15) is 5.11 Å². The lowest BCUT2D eigenvalue weighted by molar-refractivity contribution is 0.00769. The van der Waals surface area contributed by atoms with Crippen LogP contribution in [0.3, 0.4) is 0 Å². The van der Waals surface area contributed by atoms with Crippen LogP contribution in [0.1, 0.15) is 0 Å². The predicted octanol–water partition coefficient (Wildman–Crippen LogP) is 0.739. The molecule has 1 unspecified atom stereocenters. The number of hydrogen-bond donors (Lipinski definition) is 2. The highest BCUT2D eigenvalue weighted by Crippen LogP contribution is 2.26. The Bertz CT molecular complexity index is 367. The van der Waals surface area contributed by atoms with Gasteiger partial charge in [-0.1, -0.05) is 23.7 Å². The molecule has 1 saturated heterocycles. The first-order chi connectivity index (χ1) is 8.22. The summed E-state index contributed by atoms with van der Waals surface area (Å²) in [4.78, 5) is 4.23. The van der Waals surface area contributed by atoms with Crippen molar-refractivity contribution in [2.45, 2.75) is 6.23 Å². The number of benzene rings is 1. The summed E-state index contributed by atoms with van der Waals surface area (Å²) >= 11 is 6.16. The lowest BCUT2D eigenvalue weighted by Crippen LogP contribution is -2.52. The van der Waals surface area contributed by atoms with Gasteiger partial charge in [-0.25, -0.2) is 0 Å². The first-order valence-electron chi connectivity index (χ1n) is 5.84. The summed E-state index contributed by atoms with van der Waals surface area (Å²) in [6, 6.07) is 7.85. The summed E-state index contributed by atoms with van der Waals surface area (Å²) in [7, 11) is 0. The van der Waals surface area contributed by atoms with Crippen LogP contribution in [0.15, 0.2) is 24.3 Å². The van der Waals surface area contributed by atoms with E-state index in [4.69, 9.17) is 17.3 Å². The number of nitrogens with two attached hydrogens (primary N) is 1. The summed E-state index contributed by atoms with van der Waals surface area (Å²) in [6.45, 7) is 3.63. The second-order valence-corrected chi connectivity index (χ2v) is 4.60. The average molecular weight is 256 g/mol. The van der Waals surface area contributed by atoms with Crippen LogP contribution in [0.25, 0.3) is 0 Å². The summed E-state index contributed by atoms with van der Waals surface area (Å²) in [5.74, 6) is 0. The molecule has 4 nitrogen and oxygen atoms in total. The van der Waals surface area contributed by atoms with Crippen molar-refractivity contribution in [3.63, 3.8) is 0 Å².